The van der Waals surface area contributed by atoms with Gasteiger partial charge in [-0.1, -0.05) is 72.3 Å². The summed E-state index contributed by atoms with van der Waals surface area (Å²) < 4.78 is 12.9. The van der Waals surface area contributed by atoms with Crippen LogP contribution in [0.5, 0.6) is 0 Å². The first-order chi connectivity index (χ1) is 18.0. The fraction of sp³-hybridized carbons (Fsp3) is 0.400. The van der Waals surface area contributed by atoms with Crippen molar-refractivity contribution in [2.24, 2.45) is 5.73 Å². The summed E-state index contributed by atoms with van der Waals surface area (Å²) in [4.78, 5) is 2.38. The van der Waals surface area contributed by atoms with Gasteiger partial charge >= 0.3 is 0 Å². The highest BCUT2D eigenvalue weighted by Gasteiger charge is 2.37. The van der Waals surface area contributed by atoms with Crippen molar-refractivity contribution in [1.29, 1.82) is 0 Å². The van der Waals surface area contributed by atoms with Crippen LogP contribution in [-0.4, -0.2) is 40.9 Å². The van der Waals surface area contributed by atoms with Crippen LogP contribution in [0.2, 0.25) is 5.02 Å². The molecule has 3 aromatic rings. The predicted octanol–water partition coefficient (Wildman–Crippen LogP) is 4.82. The van der Waals surface area contributed by atoms with Gasteiger partial charge in [0.15, 0.2) is 6.29 Å². The van der Waals surface area contributed by atoms with Gasteiger partial charge in [-0.05, 0) is 47.2 Å². The molecule has 7 heteroatoms. The number of hydrogen-bond acceptors (Lipinski definition) is 6. The first kappa shape index (κ1) is 26.3. The molecule has 0 spiro atoms. The second-order valence-electron chi connectivity index (χ2n) is 10.1. The van der Waals surface area contributed by atoms with Gasteiger partial charge in [-0.3, -0.25) is 0 Å². The van der Waals surface area contributed by atoms with Gasteiger partial charge in [0.25, 0.3) is 0 Å². The first-order valence-electron chi connectivity index (χ1n) is 13.0. The van der Waals surface area contributed by atoms with Gasteiger partial charge in [0.2, 0.25) is 0 Å². The zero-order valence-corrected chi connectivity index (χ0v) is 21.7. The van der Waals surface area contributed by atoms with Gasteiger partial charge in [0.1, 0.15) is 0 Å². The molecular formula is C30H35ClN2O4. The van der Waals surface area contributed by atoms with Gasteiger partial charge < -0.3 is 30.3 Å². The largest absolute Gasteiger partial charge is 0.392 e. The van der Waals surface area contributed by atoms with Gasteiger partial charge in [-0.2, -0.15) is 0 Å². The van der Waals surface area contributed by atoms with Crippen LogP contribution < -0.4 is 5.73 Å². The van der Waals surface area contributed by atoms with Crippen molar-refractivity contribution in [2.75, 3.05) is 19.6 Å². The summed E-state index contributed by atoms with van der Waals surface area (Å²) in [6.45, 7) is 2.84. The van der Waals surface area contributed by atoms with Crippen LogP contribution in [0, 0.1) is 0 Å². The Labute approximate surface area is 223 Å². The molecule has 2 aliphatic heterocycles. The van der Waals surface area contributed by atoms with Crippen molar-refractivity contribution < 1.29 is 19.7 Å². The number of ether oxygens (including phenoxy) is 2. The molecule has 0 saturated carbocycles. The van der Waals surface area contributed by atoms with E-state index in [1.54, 1.807) is 0 Å². The van der Waals surface area contributed by atoms with Crippen LogP contribution in [0.3, 0.4) is 0 Å². The lowest BCUT2D eigenvalue weighted by atomic mass is 9.84. The number of halogens is 1. The number of likely N-dealkylation sites (tertiary alicyclic amines) is 1. The Kier molecular flexibility index (Phi) is 8.27. The van der Waals surface area contributed by atoms with E-state index in [1.165, 1.54) is 0 Å². The van der Waals surface area contributed by atoms with Crippen molar-refractivity contribution in [3.8, 4) is 0 Å². The molecule has 3 atom stereocenters. The lowest BCUT2D eigenvalue weighted by Crippen LogP contribution is -2.46. The zero-order valence-electron chi connectivity index (χ0n) is 20.9. The highest BCUT2D eigenvalue weighted by Crippen LogP contribution is 2.39. The molecule has 2 heterocycles. The normalized spacial score (nSPS) is 24.2. The third-order valence-corrected chi connectivity index (χ3v) is 7.88. The molecule has 2 fully saturated rings. The van der Waals surface area contributed by atoms with Crippen LogP contribution in [0.25, 0.3) is 0 Å². The summed E-state index contributed by atoms with van der Waals surface area (Å²) in [5.41, 5.74) is 9.85. The SMILES string of the molecule is NCc1ccc(C2OC(CN3CCC(O)(c4ccc(Cl)cc4)CC3)CC(c3ccc(CO)cc3)O2)cc1. The third kappa shape index (κ3) is 6.24. The van der Waals surface area contributed by atoms with E-state index in [0.717, 1.165) is 53.9 Å². The number of benzene rings is 3. The Balaban J connectivity index is 1.29. The Morgan fingerprint density at radius 2 is 1.49 bits per heavy atom. The van der Waals surface area contributed by atoms with E-state index in [2.05, 4.69) is 4.90 Å². The molecule has 0 bridgehead atoms. The van der Waals surface area contributed by atoms with Crippen LogP contribution in [0.1, 0.15) is 59.5 Å². The van der Waals surface area contributed by atoms with Crippen molar-refractivity contribution >= 4 is 11.6 Å². The van der Waals surface area contributed by atoms with E-state index in [-0.39, 0.29) is 18.8 Å². The molecule has 4 N–H and O–H groups in total. The Morgan fingerprint density at radius 3 is 2.11 bits per heavy atom. The maximum atomic E-state index is 11.3. The molecule has 6 nitrogen and oxygen atoms in total. The smallest absolute Gasteiger partial charge is 0.184 e. The monoisotopic (exact) mass is 522 g/mol. The predicted molar refractivity (Wildman–Crippen MR) is 144 cm³/mol. The molecule has 0 aliphatic carbocycles. The average molecular weight is 523 g/mol. The maximum Gasteiger partial charge on any atom is 0.184 e. The molecule has 0 amide bonds. The van der Waals surface area contributed by atoms with E-state index in [0.29, 0.717) is 24.4 Å². The molecule has 3 unspecified atom stereocenters. The molecule has 2 saturated heterocycles. The fourth-order valence-corrected chi connectivity index (χ4v) is 5.41. The van der Waals surface area contributed by atoms with E-state index in [9.17, 15) is 10.2 Å². The van der Waals surface area contributed by atoms with E-state index in [4.69, 9.17) is 26.8 Å². The summed E-state index contributed by atoms with van der Waals surface area (Å²) in [6.07, 6.45) is 1.41. The van der Waals surface area contributed by atoms with Crippen molar-refractivity contribution in [1.82, 2.24) is 4.90 Å². The van der Waals surface area contributed by atoms with Crippen molar-refractivity contribution in [2.45, 2.75) is 56.5 Å². The van der Waals surface area contributed by atoms with E-state index < -0.39 is 11.9 Å². The molecule has 2 aliphatic rings. The van der Waals surface area contributed by atoms with Gasteiger partial charge in [0.05, 0.1) is 24.4 Å². The molecular weight excluding hydrogens is 488 g/mol. The van der Waals surface area contributed by atoms with Gasteiger partial charge in [0, 0.05) is 43.2 Å². The van der Waals surface area contributed by atoms with Crippen LogP contribution >= 0.6 is 11.6 Å². The van der Waals surface area contributed by atoms with Crippen molar-refractivity contribution in [3.63, 3.8) is 0 Å². The second-order valence-corrected chi connectivity index (χ2v) is 10.6. The second kappa shape index (κ2) is 11.6. The topological polar surface area (TPSA) is 88.2 Å². The Hall–Kier alpha value is -2.29. The van der Waals surface area contributed by atoms with E-state index in [1.807, 2.05) is 72.8 Å². The zero-order chi connectivity index (χ0) is 25.8. The summed E-state index contributed by atoms with van der Waals surface area (Å²) in [6, 6.07) is 23.5. The van der Waals surface area contributed by atoms with E-state index >= 15 is 0 Å². The summed E-state index contributed by atoms with van der Waals surface area (Å²) in [5, 5.41) is 21.4. The molecule has 0 aromatic heterocycles. The molecule has 0 radical (unpaired) electrons. The third-order valence-electron chi connectivity index (χ3n) is 7.63. The quantitative estimate of drug-likeness (QED) is 0.412. The number of nitrogens with zero attached hydrogens (tertiary/aromatic N) is 1. The average Bonchev–Trinajstić information content (AvgIpc) is 2.94. The summed E-state index contributed by atoms with van der Waals surface area (Å²) >= 11 is 6.04. The van der Waals surface area contributed by atoms with Gasteiger partial charge in [-0.25, -0.2) is 0 Å². The molecule has 5 rings (SSSR count). The van der Waals surface area contributed by atoms with Crippen molar-refractivity contribution in [3.05, 3.63) is 106 Å². The highest BCUT2D eigenvalue weighted by atomic mass is 35.5. The number of piperidine rings is 1. The number of nitrogens with two attached hydrogens (primary N) is 1. The molecule has 3 aromatic carbocycles. The Morgan fingerprint density at radius 1 is 0.865 bits per heavy atom. The lowest BCUT2D eigenvalue weighted by molar-refractivity contribution is -0.253. The van der Waals surface area contributed by atoms with Gasteiger partial charge in [-0.15, -0.1) is 0 Å². The summed E-state index contributed by atoms with van der Waals surface area (Å²) in [5.74, 6) is 0. The minimum atomic E-state index is -0.831. The number of aliphatic hydroxyl groups is 2. The number of hydrogen-bond donors (Lipinski definition) is 3. The fourth-order valence-electron chi connectivity index (χ4n) is 5.29. The maximum absolute atomic E-state index is 11.3. The number of rotatable bonds is 7. The standard InChI is InChI=1S/C30H35ClN2O4/c31-26-11-9-25(10-12-26)30(35)13-15-33(16-14-30)19-27-17-28(23-5-3-22(20-34)4-6-23)37-29(36-27)24-7-1-21(18-32)2-8-24/h1-12,27-29,34-35H,13-20,32H2. The summed E-state index contributed by atoms with van der Waals surface area (Å²) in [7, 11) is 0. The van der Waals surface area contributed by atoms with Crippen LogP contribution in [-0.2, 0) is 28.2 Å². The van der Waals surface area contributed by atoms with Crippen LogP contribution in [0.15, 0.2) is 72.8 Å². The van der Waals surface area contributed by atoms with Crippen LogP contribution in [0.4, 0.5) is 0 Å². The lowest BCUT2D eigenvalue weighted by Gasteiger charge is -2.42. The first-order valence-corrected chi connectivity index (χ1v) is 13.3. The Bertz CT molecular complexity index is 1090. The molecule has 196 valence electrons. The number of aliphatic hydroxyl groups excluding tert-OH is 1. The minimum absolute atomic E-state index is 0.0188. The minimum Gasteiger partial charge on any atom is -0.392 e. The highest BCUT2D eigenvalue weighted by molar-refractivity contribution is 6.30. The molecule has 37 heavy (non-hydrogen) atoms.